The SMILES string of the molecule is C=CN=C(SC)C1=N[C@@H](c2cccc(F)c2Cl)C(C(=O)OCC)=C(CN2CCN(C)[C@H](CN(C=O)CC3CC3)C2C(=O)OC)N1. The number of piperazine rings is 1. The van der Waals surface area contributed by atoms with E-state index in [1.54, 1.807) is 17.9 Å². The number of halogens is 2. The molecule has 0 bridgehead atoms. The number of esters is 2. The number of ether oxygens (including phenoxy) is 2. The molecule has 2 fully saturated rings. The lowest BCUT2D eigenvalue weighted by molar-refractivity contribution is -0.153. The van der Waals surface area contributed by atoms with E-state index in [1.165, 1.54) is 37.2 Å². The summed E-state index contributed by atoms with van der Waals surface area (Å²) < 4.78 is 25.5. The Morgan fingerprint density at radius 3 is 2.69 bits per heavy atom. The highest BCUT2D eigenvalue weighted by Gasteiger charge is 2.43. The van der Waals surface area contributed by atoms with Crippen LogP contribution in [0.3, 0.4) is 0 Å². The summed E-state index contributed by atoms with van der Waals surface area (Å²) in [6.45, 7) is 7.57. The maximum atomic E-state index is 14.7. The zero-order chi connectivity index (χ0) is 32.7. The van der Waals surface area contributed by atoms with Gasteiger partial charge in [-0.15, -0.1) is 11.8 Å². The third-order valence-electron chi connectivity index (χ3n) is 8.13. The monoisotopic (exact) mass is 662 g/mol. The zero-order valence-corrected chi connectivity index (χ0v) is 27.6. The predicted octanol–water partition coefficient (Wildman–Crippen LogP) is 3.27. The zero-order valence-electron chi connectivity index (χ0n) is 26.0. The highest BCUT2D eigenvalue weighted by molar-refractivity contribution is 8.15. The molecule has 0 radical (unpaired) electrons. The van der Waals surface area contributed by atoms with Crippen molar-refractivity contribution in [2.75, 3.05) is 59.7 Å². The highest BCUT2D eigenvalue weighted by atomic mass is 35.5. The summed E-state index contributed by atoms with van der Waals surface area (Å²) in [6, 6.07) is 2.16. The van der Waals surface area contributed by atoms with Crippen molar-refractivity contribution in [1.82, 2.24) is 20.0 Å². The third kappa shape index (κ3) is 8.13. The van der Waals surface area contributed by atoms with Gasteiger partial charge in [0.15, 0.2) is 5.84 Å². The molecule has 1 aromatic rings. The highest BCUT2D eigenvalue weighted by Crippen LogP contribution is 2.38. The molecule has 3 aliphatic rings. The number of nitrogens with zero attached hydrogens (tertiary/aromatic N) is 5. The van der Waals surface area contributed by atoms with E-state index in [9.17, 15) is 18.8 Å². The lowest BCUT2D eigenvalue weighted by Crippen LogP contribution is -2.65. The maximum Gasteiger partial charge on any atom is 0.338 e. The second kappa shape index (κ2) is 15.8. The third-order valence-corrected chi connectivity index (χ3v) is 9.21. The van der Waals surface area contributed by atoms with Gasteiger partial charge in [-0.3, -0.25) is 24.4 Å². The van der Waals surface area contributed by atoms with E-state index < -0.39 is 29.8 Å². The number of thioether (sulfide) groups is 1. The fraction of sp³-hybridized carbons (Fsp3) is 0.516. The lowest BCUT2D eigenvalue weighted by Gasteiger charge is -2.46. The second-order valence-electron chi connectivity index (χ2n) is 11.1. The minimum absolute atomic E-state index is 0.0835. The van der Waals surface area contributed by atoms with Crippen molar-refractivity contribution in [2.45, 2.75) is 37.9 Å². The van der Waals surface area contributed by atoms with Crippen molar-refractivity contribution in [2.24, 2.45) is 15.9 Å². The van der Waals surface area contributed by atoms with Crippen molar-refractivity contribution in [3.63, 3.8) is 0 Å². The molecule has 1 N–H and O–H groups in total. The number of aliphatic imine (C=N–C) groups is 2. The molecule has 244 valence electrons. The molecule has 14 heteroatoms. The van der Waals surface area contributed by atoms with Crippen LogP contribution in [0.25, 0.3) is 0 Å². The Morgan fingerprint density at radius 2 is 2.07 bits per heavy atom. The van der Waals surface area contributed by atoms with Crippen LogP contribution in [0.2, 0.25) is 5.02 Å². The molecule has 11 nitrogen and oxygen atoms in total. The van der Waals surface area contributed by atoms with E-state index in [-0.39, 0.29) is 35.4 Å². The first-order chi connectivity index (χ1) is 21.7. The smallest absolute Gasteiger partial charge is 0.338 e. The first-order valence-electron chi connectivity index (χ1n) is 14.8. The summed E-state index contributed by atoms with van der Waals surface area (Å²) in [7, 11) is 3.25. The van der Waals surface area contributed by atoms with Crippen molar-refractivity contribution < 1.29 is 28.2 Å². The molecule has 2 aliphatic heterocycles. The van der Waals surface area contributed by atoms with E-state index >= 15 is 0 Å². The van der Waals surface area contributed by atoms with Crippen molar-refractivity contribution in [3.05, 3.63) is 58.7 Å². The normalized spacial score (nSPS) is 22.8. The number of amides is 1. The van der Waals surface area contributed by atoms with Gasteiger partial charge in [-0.05, 0) is 45.1 Å². The molecule has 2 heterocycles. The van der Waals surface area contributed by atoms with E-state index in [1.807, 2.05) is 18.2 Å². The number of methoxy groups -OCH3 is 1. The maximum absolute atomic E-state index is 14.7. The first-order valence-corrected chi connectivity index (χ1v) is 16.4. The number of benzene rings is 1. The number of rotatable bonds is 13. The molecular weight excluding hydrogens is 623 g/mol. The second-order valence-corrected chi connectivity index (χ2v) is 12.2. The van der Waals surface area contributed by atoms with Gasteiger partial charge in [0, 0.05) is 50.2 Å². The summed E-state index contributed by atoms with van der Waals surface area (Å²) in [5.41, 5.74) is 0.810. The molecule has 1 saturated heterocycles. The summed E-state index contributed by atoms with van der Waals surface area (Å²) in [5, 5.41) is 3.58. The van der Waals surface area contributed by atoms with Crippen LogP contribution in [0.5, 0.6) is 0 Å². The van der Waals surface area contributed by atoms with Gasteiger partial charge >= 0.3 is 11.9 Å². The molecular formula is C31H40ClFN6O5S. The van der Waals surface area contributed by atoms with Crippen LogP contribution in [0.15, 0.2) is 52.2 Å². The van der Waals surface area contributed by atoms with Crippen molar-refractivity contribution >= 4 is 52.6 Å². The molecule has 4 rings (SSSR count). The number of amidine groups is 1. The number of carbonyl (C=O) groups is 3. The Balaban J connectivity index is 1.81. The average Bonchev–Trinajstić information content (AvgIpc) is 3.85. The van der Waals surface area contributed by atoms with Crippen LogP contribution in [-0.4, -0.2) is 116 Å². The van der Waals surface area contributed by atoms with Gasteiger partial charge in [0.05, 0.1) is 30.4 Å². The van der Waals surface area contributed by atoms with E-state index in [4.69, 9.17) is 26.1 Å². The molecule has 3 atom stereocenters. The average molecular weight is 663 g/mol. The number of hydrogen-bond donors (Lipinski definition) is 1. The Hall–Kier alpha value is -3.26. The van der Waals surface area contributed by atoms with Gasteiger partial charge in [0.2, 0.25) is 6.41 Å². The largest absolute Gasteiger partial charge is 0.468 e. The minimum Gasteiger partial charge on any atom is -0.468 e. The summed E-state index contributed by atoms with van der Waals surface area (Å²) in [6.07, 6.45) is 6.20. The quantitative estimate of drug-likeness (QED) is 0.147. The van der Waals surface area contributed by atoms with Crippen LogP contribution >= 0.6 is 23.4 Å². The van der Waals surface area contributed by atoms with Gasteiger partial charge < -0.3 is 19.7 Å². The van der Waals surface area contributed by atoms with Gasteiger partial charge in [0.1, 0.15) is 22.9 Å². The van der Waals surface area contributed by atoms with Gasteiger partial charge in [-0.2, -0.15) is 0 Å². The van der Waals surface area contributed by atoms with Gasteiger partial charge in [-0.1, -0.05) is 30.3 Å². The molecule has 45 heavy (non-hydrogen) atoms. The minimum atomic E-state index is -1.04. The lowest BCUT2D eigenvalue weighted by atomic mass is 9.94. The van der Waals surface area contributed by atoms with Crippen LogP contribution in [-0.2, 0) is 23.9 Å². The van der Waals surface area contributed by atoms with Crippen LogP contribution < -0.4 is 5.32 Å². The van der Waals surface area contributed by atoms with E-state index in [0.717, 1.165) is 19.3 Å². The number of likely N-dealkylation sites (N-methyl/N-ethyl adjacent to an activating group) is 1. The fourth-order valence-electron chi connectivity index (χ4n) is 5.68. The molecule has 1 aliphatic carbocycles. The van der Waals surface area contributed by atoms with Crippen molar-refractivity contribution in [1.29, 1.82) is 0 Å². The van der Waals surface area contributed by atoms with Crippen LogP contribution in [0, 0.1) is 11.7 Å². The fourth-order valence-corrected chi connectivity index (χ4v) is 6.39. The molecule has 1 aromatic carbocycles. The van der Waals surface area contributed by atoms with E-state index in [0.29, 0.717) is 48.7 Å². The van der Waals surface area contributed by atoms with Crippen molar-refractivity contribution in [3.8, 4) is 0 Å². The molecule has 0 aromatic heterocycles. The summed E-state index contributed by atoms with van der Waals surface area (Å²) >= 11 is 7.76. The molecule has 1 unspecified atom stereocenters. The Labute approximate surface area is 272 Å². The molecule has 1 amide bonds. The Morgan fingerprint density at radius 1 is 1.31 bits per heavy atom. The topological polar surface area (TPSA) is 116 Å². The standard InChI is InChI=1S/C31H40ClFN6O5S/c1-6-34-29(45-5)28-35-22(24(30(41)44-7-2)26(36-28)20-9-8-10-21(33)25(20)32)16-39-14-13-37(3)23(27(39)31(42)43-4)17-38(18-40)15-19-11-12-19/h6,8-10,18-19,23,26-27H,1,7,11-17H2,2-5H3,(H,35,36)/t23-,26+,27?/m1/s1. The van der Waals surface area contributed by atoms with Gasteiger partial charge in [-0.25, -0.2) is 14.2 Å². The summed E-state index contributed by atoms with van der Waals surface area (Å²) in [4.78, 5) is 53.9. The van der Waals surface area contributed by atoms with Crippen LogP contribution in [0.4, 0.5) is 4.39 Å². The Bertz CT molecular complexity index is 1390. The number of nitrogens with one attached hydrogen (secondary N) is 1. The molecule has 1 saturated carbocycles. The first kappa shape index (κ1) is 34.6. The Kier molecular flexibility index (Phi) is 12.2. The molecule has 0 spiro atoms. The van der Waals surface area contributed by atoms with Crippen LogP contribution in [0.1, 0.15) is 31.4 Å². The summed E-state index contributed by atoms with van der Waals surface area (Å²) in [5.74, 6) is -0.969. The number of hydrogen-bond acceptors (Lipinski definition) is 11. The van der Waals surface area contributed by atoms with Gasteiger partial charge in [0.25, 0.3) is 0 Å². The number of carbonyl (C=O) groups excluding carboxylic acids is 3. The van der Waals surface area contributed by atoms with E-state index in [2.05, 4.69) is 21.8 Å². The predicted molar refractivity (Wildman–Crippen MR) is 174 cm³/mol.